The summed E-state index contributed by atoms with van der Waals surface area (Å²) in [5.74, 6) is 0.202. The van der Waals surface area contributed by atoms with Gasteiger partial charge in [-0.05, 0) is 12.8 Å². The summed E-state index contributed by atoms with van der Waals surface area (Å²) < 4.78 is 0. The van der Waals surface area contributed by atoms with E-state index in [1.165, 1.54) is 0 Å². The Kier molecular flexibility index (Phi) is 3.53. The molecule has 0 aromatic heterocycles. The standard InChI is InChI=1S/C9H17NO2/c1-2-3-4-9(12)10-6-5-8(11)7-10/h8,11H,2-7H2,1H3/t8-/m0/s1. The fourth-order valence-corrected chi connectivity index (χ4v) is 1.45. The number of amides is 1. The third-order valence-electron chi connectivity index (χ3n) is 2.26. The zero-order valence-corrected chi connectivity index (χ0v) is 7.62. The molecule has 1 heterocycles. The van der Waals surface area contributed by atoms with Crippen LogP contribution in [0.5, 0.6) is 0 Å². The van der Waals surface area contributed by atoms with Crippen LogP contribution >= 0.6 is 0 Å². The van der Waals surface area contributed by atoms with Gasteiger partial charge < -0.3 is 10.0 Å². The van der Waals surface area contributed by atoms with Gasteiger partial charge in [0.15, 0.2) is 0 Å². The van der Waals surface area contributed by atoms with Crippen molar-refractivity contribution in [2.45, 2.75) is 38.7 Å². The second kappa shape index (κ2) is 4.45. The Morgan fingerprint density at radius 2 is 2.42 bits per heavy atom. The molecule has 0 bridgehead atoms. The van der Waals surface area contributed by atoms with Gasteiger partial charge in [-0.25, -0.2) is 0 Å². The number of aliphatic hydroxyl groups excluding tert-OH is 1. The Hall–Kier alpha value is -0.570. The molecule has 1 aliphatic rings. The maximum absolute atomic E-state index is 11.4. The van der Waals surface area contributed by atoms with E-state index < -0.39 is 0 Å². The summed E-state index contributed by atoms with van der Waals surface area (Å²) in [6.45, 7) is 3.36. The molecule has 1 aliphatic heterocycles. The van der Waals surface area contributed by atoms with Crippen molar-refractivity contribution in [3.05, 3.63) is 0 Å². The lowest BCUT2D eigenvalue weighted by Gasteiger charge is -2.14. The molecular formula is C9H17NO2. The van der Waals surface area contributed by atoms with Crippen LogP contribution in [0.3, 0.4) is 0 Å². The predicted molar refractivity (Wildman–Crippen MR) is 46.7 cm³/mol. The number of nitrogens with zero attached hydrogens (tertiary/aromatic N) is 1. The average molecular weight is 171 g/mol. The van der Waals surface area contributed by atoms with E-state index in [-0.39, 0.29) is 12.0 Å². The largest absolute Gasteiger partial charge is 0.391 e. The Morgan fingerprint density at radius 1 is 1.67 bits per heavy atom. The molecule has 0 aromatic rings. The molecular weight excluding hydrogens is 154 g/mol. The number of hydrogen-bond acceptors (Lipinski definition) is 2. The minimum Gasteiger partial charge on any atom is -0.391 e. The van der Waals surface area contributed by atoms with Gasteiger partial charge in [-0.2, -0.15) is 0 Å². The maximum Gasteiger partial charge on any atom is 0.222 e. The van der Waals surface area contributed by atoms with E-state index in [2.05, 4.69) is 6.92 Å². The van der Waals surface area contributed by atoms with Crippen molar-refractivity contribution < 1.29 is 9.90 Å². The summed E-state index contributed by atoms with van der Waals surface area (Å²) in [7, 11) is 0. The topological polar surface area (TPSA) is 40.5 Å². The smallest absolute Gasteiger partial charge is 0.222 e. The van der Waals surface area contributed by atoms with Crippen LogP contribution < -0.4 is 0 Å². The monoisotopic (exact) mass is 171 g/mol. The second-order valence-corrected chi connectivity index (χ2v) is 3.39. The maximum atomic E-state index is 11.4. The van der Waals surface area contributed by atoms with E-state index in [4.69, 9.17) is 0 Å². The summed E-state index contributed by atoms with van der Waals surface area (Å²) in [4.78, 5) is 13.1. The van der Waals surface area contributed by atoms with Crippen LogP contribution in [-0.4, -0.2) is 35.1 Å². The molecule has 70 valence electrons. The minimum atomic E-state index is -0.282. The third-order valence-corrected chi connectivity index (χ3v) is 2.26. The number of carbonyl (C=O) groups excluding carboxylic acids is 1. The number of carbonyl (C=O) groups is 1. The SMILES string of the molecule is CCCCC(=O)N1CC[C@H](O)C1. The molecule has 1 amide bonds. The van der Waals surface area contributed by atoms with Crippen molar-refractivity contribution in [2.24, 2.45) is 0 Å². The lowest BCUT2D eigenvalue weighted by Crippen LogP contribution is -2.29. The molecule has 12 heavy (non-hydrogen) atoms. The van der Waals surface area contributed by atoms with Gasteiger partial charge in [0.25, 0.3) is 0 Å². The number of aliphatic hydroxyl groups is 1. The lowest BCUT2D eigenvalue weighted by molar-refractivity contribution is -0.130. The van der Waals surface area contributed by atoms with Crippen molar-refractivity contribution in [3.63, 3.8) is 0 Å². The van der Waals surface area contributed by atoms with E-state index in [1.54, 1.807) is 4.90 Å². The number of unbranched alkanes of at least 4 members (excludes halogenated alkanes) is 1. The van der Waals surface area contributed by atoms with Gasteiger partial charge in [0.1, 0.15) is 0 Å². The van der Waals surface area contributed by atoms with Gasteiger partial charge in [0.2, 0.25) is 5.91 Å². The quantitative estimate of drug-likeness (QED) is 0.681. The molecule has 1 rings (SSSR count). The Balaban J connectivity index is 2.23. The molecule has 0 saturated carbocycles. The van der Waals surface area contributed by atoms with Crippen LogP contribution in [0.1, 0.15) is 32.6 Å². The van der Waals surface area contributed by atoms with E-state index in [9.17, 15) is 9.90 Å². The van der Waals surface area contributed by atoms with Crippen molar-refractivity contribution in [1.29, 1.82) is 0 Å². The first-order valence-corrected chi connectivity index (χ1v) is 4.70. The highest BCUT2D eigenvalue weighted by Gasteiger charge is 2.23. The Bertz CT molecular complexity index is 159. The first-order valence-electron chi connectivity index (χ1n) is 4.70. The van der Waals surface area contributed by atoms with Gasteiger partial charge >= 0.3 is 0 Å². The van der Waals surface area contributed by atoms with E-state index in [1.807, 2.05) is 0 Å². The Morgan fingerprint density at radius 3 is 2.92 bits per heavy atom. The summed E-state index contributed by atoms with van der Waals surface area (Å²) in [6.07, 6.45) is 3.13. The highest BCUT2D eigenvalue weighted by Crippen LogP contribution is 2.11. The van der Waals surface area contributed by atoms with E-state index in [0.29, 0.717) is 13.0 Å². The van der Waals surface area contributed by atoms with Gasteiger partial charge in [-0.3, -0.25) is 4.79 Å². The number of hydrogen-bond donors (Lipinski definition) is 1. The van der Waals surface area contributed by atoms with Crippen LogP contribution in [-0.2, 0) is 4.79 Å². The highest BCUT2D eigenvalue weighted by molar-refractivity contribution is 5.76. The van der Waals surface area contributed by atoms with Crippen molar-refractivity contribution >= 4 is 5.91 Å². The molecule has 0 aliphatic carbocycles. The molecule has 3 nitrogen and oxygen atoms in total. The van der Waals surface area contributed by atoms with Crippen LogP contribution in [0.2, 0.25) is 0 Å². The lowest BCUT2D eigenvalue weighted by atomic mass is 10.2. The highest BCUT2D eigenvalue weighted by atomic mass is 16.3. The molecule has 1 N–H and O–H groups in total. The van der Waals surface area contributed by atoms with Crippen LogP contribution in [0.25, 0.3) is 0 Å². The summed E-state index contributed by atoms with van der Waals surface area (Å²) in [5.41, 5.74) is 0. The summed E-state index contributed by atoms with van der Waals surface area (Å²) >= 11 is 0. The predicted octanol–water partition coefficient (Wildman–Crippen LogP) is 0.770. The van der Waals surface area contributed by atoms with Gasteiger partial charge in [-0.1, -0.05) is 13.3 Å². The fraction of sp³-hybridized carbons (Fsp3) is 0.889. The average Bonchev–Trinajstić information content (AvgIpc) is 2.47. The normalized spacial score (nSPS) is 23.2. The van der Waals surface area contributed by atoms with Crippen molar-refractivity contribution in [2.75, 3.05) is 13.1 Å². The number of β-amino-alcohol motifs (C(OH)–C–C–N with tert-alkyl or cyclic N) is 1. The Labute approximate surface area is 73.4 Å². The molecule has 1 atom stereocenters. The first kappa shape index (κ1) is 9.52. The molecule has 0 unspecified atom stereocenters. The molecule has 0 spiro atoms. The second-order valence-electron chi connectivity index (χ2n) is 3.39. The zero-order valence-electron chi connectivity index (χ0n) is 7.62. The zero-order chi connectivity index (χ0) is 8.97. The first-order chi connectivity index (χ1) is 5.74. The van der Waals surface area contributed by atoms with Gasteiger partial charge in [0.05, 0.1) is 6.10 Å². The molecule has 0 aromatic carbocycles. The van der Waals surface area contributed by atoms with Crippen molar-refractivity contribution in [1.82, 2.24) is 4.90 Å². The van der Waals surface area contributed by atoms with Crippen LogP contribution in [0, 0.1) is 0 Å². The summed E-state index contributed by atoms with van der Waals surface area (Å²) in [5, 5.41) is 9.18. The van der Waals surface area contributed by atoms with Crippen LogP contribution in [0.15, 0.2) is 0 Å². The fourth-order valence-electron chi connectivity index (χ4n) is 1.45. The van der Waals surface area contributed by atoms with E-state index >= 15 is 0 Å². The minimum absolute atomic E-state index is 0.202. The molecule has 3 heteroatoms. The van der Waals surface area contributed by atoms with Crippen molar-refractivity contribution in [3.8, 4) is 0 Å². The number of rotatable bonds is 3. The molecule has 1 saturated heterocycles. The third kappa shape index (κ3) is 2.48. The molecule has 0 radical (unpaired) electrons. The van der Waals surface area contributed by atoms with E-state index in [0.717, 1.165) is 25.8 Å². The number of likely N-dealkylation sites (tertiary alicyclic amines) is 1. The molecule has 1 fully saturated rings. The van der Waals surface area contributed by atoms with Crippen LogP contribution in [0.4, 0.5) is 0 Å². The summed E-state index contributed by atoms with van der Waals surface area (Å²) in [6, 6.07) is 0. The van der Waals surface area contributed by atoms with Gasteiger partial charge in [0, 0.05) is 19.5 Å². The van der Waals surface area contributed by atoms with Gasteiger partial charge in [-0.15, -0.1) is 0 Å².